The van der Waals surface area contributed by atoms with Crippen molar-refractivity contribution >= 4 is 18.0 Å². The SMILES string of the molecule is CCC(=O)N(C/C=C(\C)CCC=C(C)C)C(=O)OCOC(=O)C(C)C. The number of hydrogen-bond acceptors (Lipinski definition) is 5. The van der Waals surface area contributed by atoms with Crippen molar-refractivity contribution in [2.75, 3.05) is 13.3 Å². The van der Waals surface area contributed by atoms with Gasteiger partial charge in [0.25, 0.3) is 0 Å². The van der Waals surface area contributed by atoms with Crippen molar-refractivity contribution in [2.24, 2.45) is 5.92 Å². The highest BCUT2D eigenvalue weighted by Gasteiger charge is 2.21. The Morgan fingerprint density at radius 2 is 1.68 bits per heavy atom. The summed E-state index contributed by atoms with van der Waals surface area (Å²) in [6, 6.07) is 0. The van der Waals surface area contributed by atoms with E-state index < -0.39 is 18.9 Å². The normalized spacial score (nSPS) is 11.1. The van der Waals surface area contributed by atoms with Gasteiger partial charge in [-0.2, -0.15) is 0 Å². The van der Waals surface area contributed by atoms with Crippen molar-refractivity contribution in [1.82, 2.24) is 4.90 Å². The third-order valence-electron chi connectivity index (χ3n) is 3.39. The Balaban J connectivity index is 4.63. The summed E-state index contributed by atoms with van der Waals surface area (Å²) in [5, 5.41) is 0. The lowest BCUT2D eigenvalue weighted by molar-refractivity contribution is -0.156. The highest BCUT2D eigenvalue weighted by atomic mass is 16.7. The zero-order valence-corrected chi connectivity index (χ0v) is 16.3. The number of ether oxygens (including phenoxy) is 2. The molecule has 0 heterocycles. The van der Waals surface area contributed by atoms with E-state index in [-0.39, 0.29) is 24.8 Å². The fourth-order valence-corrected chi connectivity index (χ4v) is 1.79. The summed E-state index contributed by atoms with van der Waals surface area (Å²) in [7, 11) is 0. The van der Waals surface area contributed by atoms with E-state index in [1.165, 1.54) is 5.57 Å². The van der Waals surface area contributed by atoms with Gasteiger partial charge in [0.15, 0.2) is 0 Å². The van der Waals surface area contributed by atoms with Crippen LogP contribution in [0.5, 0.6) is 0 Å². The van der Waals surface area contributed by atoms with Crippen molar-refractivity contribution < 1.29 is 23.9 Å². The van der Waals surface area contributed by atoms with E-state index in [9.17, 15) is 14.4 Å². The van der Waals surface area contributed by atoms with Gasteiger partial charge in [-0.15, -0.1) is 0 Å². The number of nitrogens with zero attached hydrogens (tertiary/aromatic N) is 1. The van der Waals surface area contributed by atoms with Crippen molar-refractivity contribution in [3.05, 3.63) is 23.3 Å². The molecule has 0 N–H and O–H groups in total. The quantitative estimate of drug-likeness (QED) is 0.353. The van der Waals surface area contributed by atoms with Crippen LogP contribution >= 0.6 is 0 Å². The molecule has 0 saturated carbocycles. The van der Waals surface area contributed by atoms with Crippen LogP contribution in [0.1, 0.15) is 60.8 Å². The van der Waals surface area contributed by atoms with E-state index in [0.717, 1.165) is 23.3 Å². The Labute approximate surface area is 150 Å². The lowest BCUT2D eigenvalue weighted by Gasteiger charge is -2.18. The first-order chi connectivity index (χ1) is 11.7. The summed E-state index contributed by atoms with van der Waals surface area (Å²) in [5.41, 5.74) is 2.35. The Hall–Kier alpha value is -2.11. The van der Waals surface area contributed by atoms with Crippen LogP contribution in [0.2, 0.25) is 0 Å². The molecule has 0 aliphatic heterocycles. The first-order valence-electron chi connectivity index (χ1n) is 8.61. The number of hydrogen-bond donors (Lipinski definition) is 0. The predicted octanol–water partition coefficient (Wildman–Crippen LogP) is 4.21. The summed E-state index contributed by atoms with van der Waals surface area (Å²) >= 11 is 0. The van der Waals surface area contributed by atoms with Crippen LogP contribution in [0.4, 0.5) is 4.79 Å². The van der Waals surface area contributed by atoms with Crippen LogP contribution in [0, 0.1) is 5.92 Å². The third kappa shape index (κ3) is 10.4. The number of rotatable bonds is 9. The van der Waals surface area contributed by atoms with Crippen molar-refractivity contribution in [3.63, 3.8) is 0 Å². The molecule has 6 nitrogen and oxygen atoms in total. The van der Waals surface area contributed by atoms with Crippen LogP contribution in [-0.4, -0.2) is 36.2 Å². The Bertz CT molecular complexity index is 516. The first kappa shape index (κ1) is 22.9. The minimum Gasteiger partial charge on any atom is -0.428 e. The van der Waals surface area contributed by atoms with Gasteiger partial charge in [-0.05, 0) is 33.6 Å². The average Bonchev–Trinajstić information content (AvgIpc) is 2.53. The minimum absolute atomic E-state index is 0.143. The molecule has 142 valence electrons. The van der Waals surface area contributed by atoms with Gasteiger partial charge in [0.2, 0.25) is 12.7 Å². The molecule has 0 spiro atoms. The van der Waals surface area contributed by atoms with Gasteiger partial charge in [-0.25, -0.2) is 9.69 Å². The molecule has 0 aliphatic carbocycles. The molecule has 0 unspecified atom stereocenters. The van der Waals surface area contributed by atoms with Gasteiger partial charge in [-0.3, -0.25) is 9.59 Å². The first-order valence-corrected chi connectivity index (χ1v) is 8.61. The van der Waals surface area contributed by atoms with Gasteiger partial charge in [0, 0.05) is 6.42 Å². The molecular weight excluding hydrogens is 322 g/mol. The number of allylic oxidation sites excluding steroid dienone is 3. The maximum atomic E-state index is 12.1. The Kier molecular flexibility index (Phi) is 11.2. The van der Waals surface area contributed by atoms with Gasteiger partial charge >= 0.3 is 12.1 Å². The number of carbonyl (C=O) groups excluding carboxylic acids is 3. The third-order valence-corrected chi connectivity index (χ3v) is 3.39. The molecule has 6 heteroatoms. The van der Waals surface area contributed by atoms with Gasteiger partial charge in [-0.1, -0.05) is 44.1 Å². The van der Waals surface area contributed by atoms with Gasteiger partial charge in [0.05, 0.1) is 12.5 Å². The maximum Gasteiger partial charge on any atom is 0.419 e. The highest BCUT2D eigenvalue weighted by molar-refractivity contribution is 5.92. The lowest BCUT2D eigenvalue weighted by atomic mass is 10.1. The summed E-state index contributed by atoms with van der Waals surface area (Å²) in [4.78, 5) is 36.4. The largest absolute Gasteiger partial charge is 0.428 e. The van der Waals surface area contributed by atoms with E-state index in [4.69, 9.17) is 9.47 Å². The molecule has 0 aromatic heterocycles. The fraction of sp³-hybridized carbons (Fsp3) is 0.632. The van der Waals surface area contributed by atoms with E-state index in [2.05, 4.69) is 6.08 Å². The van der Waals surface area contributed by atoms with Gasteiger partial charge < -0.3 is 9.47 Å². The molecule has 0 aliphatic rings. The van der Waals surface area contributed by atoms with Crippen LogP contribution in [0.15, 0.2) is 23.3 Å². The second-order valence-corrected chi connectivity index (χ2v) is 6.37. The number of imide groups is 1. The molecule has 0 radical (unpaired) electrons. The van der Waals surface area contributed by atoms with Crippen LogP contribution in [0.25, 0.3) is 0 Å². The topological polar surface area (TPSA) is 72.9 Å². The zero-order chi connectivity index (χ0) is 19.4. The van der Waals surface area contributed by atoms with Crippen LogP contribution in [0.3, 0.4) is 0 Å². The Morgan fingerprint density at radius 3 is 2.20 bits per heavy atom. The standard InChI is InChI=1S/C19H31NO5/c1-7-17(21)20(12-11-16(6)10-8-9-14(2)3)19(23)25-13-24-18(22)15(4)5/h9,11,15H,7-8,10,12-13H2,1-6H3/b16-11+. The number of esters is 1. The average molecular weight is 353 g/mol. The molecule has 2 amide bonds. The predicted molar refractivity (Wildman–Crippen MR) is 96.7 cm³/mol. The van der Waals surface area contributed by atoms with Crippen molar-refractivity contribution in [1.29, 1.82) is 0 Å². The molecule has 25 heavy (non-hydrogen) atoms. The smallest absolute Gasteiger partial charge is 0.419 e. The molecule has 0 aromatic rings. The second-order valence-electron chi connectivity index (χ2n) is 6.37. The maximum absolute atomic E-state index is 12.1. The molecule has 0 saturated heterocycles. The molecule has 0 bridgehead atoms. The molecule has 0 atom stereocenters. The van der Waals surface area contributed by atoms with Crippen molar-refractivity contribution in [2.45, 2.75) is 60.8 Å². The van der Waals surface area contributed by atoms with Crippen LogP contribution in [-0.2, 0) is 19.1 Å². The minimum atomic E-state index is -0.809. The van der Waals surface area contributed by atoms with E-state index in [0.29, 0.717) is 0 Å². The fourth-order valence-electron chi connectivity index (χ4n) is 1.79. The van der Waals surface area contributed by atoms with Crippen LogP contribution < -0.4 is 0 Å². The summed E-state index contributed by atoms with van der Waals surface area (Å²) < 4.78 is 9.67. The molecule has 0 rings (SSSR count). The zero-order valence-electron chi connectivity index (χ0n) is 16.3. The van der Waals surface area contributed by atoms with E-state index in [1.807, 2.05) is 26.8 Å². The molecular formula is C19H31NO5. The van der Waals surface area contributed by atoms with Crippen molar-refractivity contribution in [3.8, 4) is 0 Å². The monoisotopic (exact) mass is 353 g/mol. The lowest BCUT2D eigenvalue weighted by Crippen LogP contribution is -2.37. The highest BCUT2D eigenvalue weighted by Crippen LogP contribution is 2.08. The van der Waals surface area contributed by atoms with E-state index >= 15 is 0 Å². The summed E-state index contributed by atoms with van der Waals surface area (Å²) in [6.45, 7) is 10.7. The van der Waals surface area contributed by atoms with Gasteiger partial charge in [0.1, 0.15) is 0 Å². The molecule has 0 fully saturated rings. The Morgan fingerprint density at radius 1 is 1.04 bits per heavy atom. The number of amides is 2. The van der Waals surface area contributed by atoms with E-state index in [1.54, 1.807) is 20.8 Å². The summed E-state index contributed by atoms with van der Waals surface area (Å²) in [5.74, 6) is -1.11. The molecule has 0 aromatic carbocycles. The summed E-state index contributed by atoms with van der Waals surface area (Å²) in [6.07, 6.45) is 5.14. The number of carbonyl (C=O) groups is 3. The second kappa shape index (κ2) is 12.3.